The average molecular weight is 621 g/mol. The molecule has 5 rings (SSSR count). The summed E-state index contributed by atoms with van der Waals surface area (Å²) in [7, 11) is 1.75. The van der Waals surface area contributed by atoms with E-state index in [1.54, 1.807) is 66.5 Å². The minimum atomic E-state index is -1.43. The Bertz CT molecular complexity index is 1440. The maximum absolute atomic E-state index is 13.4. The molecule has 198 valence electrons. The molecule has 2 aliphatic rings. The highest BCUT2D eigenvalue weighted by Gasteiger charge is 2.68. The van der Waals surface area contributed by atoms with Crippen LogP contribution < -0.4 is 14.8 Å². The van der Waals surface area contributed by atoms with Gasteiger partial charge in [0.15, 0.2) is 17.0 Å². The number of amides is 1. The smallest absolute Gasteiger partial charge is 0.256 e. The first-order chi connectivity index (χ1) is 18.2. The van der Waals surface area contributed by atoms with Crippen LogP contribution in [0.15, 0.2) is 59.1 Å². The van der Waals surface area contributed by atoms with E-state index >= 15 is 0 Å². The first-order valence-electron chi connectivity index (χ1n) is 12.0. The molecule has 11 heteroatoms. The normalized spacial score (nSPS) is 22.4. The van der Waals surface area contributed by atoms with Crippen molar-refractivity contribution in [1.82, 2.24) is 4.90 Å². The fraction of sp³-hybridized carbons (Fsp3) is 0.296. The SMILES string of the molecule is CCOc1cc([C@@H]2CN(C)[C@@]3(C(=O)Nc4ccccc43)[C@H]2[N+](=O)[O-])cc(Br)c1OCc1ccc(Cl)cc1Cl. The molecular formula is C27H24BrCl2N3O5. The van der Waals surface area contributed by atoms with Gasteiger partial charge in [-0.15, -0.1) is 0 Å². The van der Waals surface area contributed by atoms with Gasteiger partial charge in [0.25, 0.3) is 11.9 Å². The minimum absolute atomic E-state index is 0.164. The van der Waals surface area contributed by atoms with E-state index in [0.29, 0.717) is 56.0 Å². The molecule has 1 N–H and O–H groups in total. The third-order valence-corrected chi connectivity index (χ3v) is 8.36. The molecule has 1 amide bonds. The molecule has 2 aliphatic heterocycles. The predicted molar refractivity (Wildman–Crippen MR) is 149 cm³/mol. The number of likely N-dealkylation sites (N-methyl/N-ethyl adjacent to an activating group) is 1. The second-order valence-corrected chi connectivity index (χ2v) is 11.0. The maximum Gasteiger partial charge on any atom is 0.256 e. The number of fused-ring (bicyclic) bond motifs is 2. The van der Waals surface area contributed by atoms with Crippen LogP contribution in [0.25, 0.3) is 0 Å². The van der Waals surface area contributed by atoms with Gasteiger partial charge in [-0.3, -0.25) is 19.8 Å². The average Bonchev–Trinajstić information content (AvgIpc) is 3.34. The number of carbonyl (C=O) groups excluding carboxylic acids is 1. The molecule has 0 radical (unpaired) electrons. The number of hydrogen-bond acceptors (Lipinski definition) is 6. The largest absolute Gasteiger partial charge is 0.490 e. The zero-order valence-corrected chi connectivity index (χ0v) is 23.6. The fourth-order valence-corrected chi connectivity index (χ4v) is 6.61. The zero-order chi connectivity index (χ0) is 27.2. The van der Waals surface area contributed by atoms with Crippen LogP contribution in [0.2, 0.25) is 10.0 Å². The lowest BCUT2D eigenvalue weighted by atomic mass is 9.79. The molecule has 2 heterocycles. The lowest BCUT2D eigenvalue weighted by molar-refractivity contribution is -0.534. The van der Waals surface area contributed by atoms with Gasteiger partial charge in [0.05, 0.1) is 17.0 Å². The van der Waals surface area contributed by atoms with E-state index in [2.05, 4.69) is 21.2 Å². The Kier molecular flexibility index (Phi) is 7.30. The summed E-state index contributed by atoms with van der Waals surface area (Å²) < 4.78 is 12.6. The molecule has 1 saturated heterocycles. The lowest BCUT2D eigenvalue weighted by Crippen LogP contribution is -2.54. The van der Waals surface area contributed by atoms with Crippen LogP contribution in [0.5, 0.6) is 11.5 Å². The van der Waals surface area contributed by atoms with Crippen LogP contribution in [-0.4, -0.2) is 42.0 Å². The Balaban J connectivity index is 1.54. The van der Waals surface area contributed by atoms with Gasteiger partial charge in [-0.1, -0.05) is 47.5 Å². The van der Waals surface area contributed by atoms with E-state index in [-0.39, 0.29) is 11.5 Å². The van der Waals surface area contributed by atoms with Crippen molar-refractivity contribution in [2.75, 3.05) is 25.5 Å². The standard InChI is InChI=1S/C27H24BrCl2N3O5/c1-3-37-23-11-16(10-20(28)24(23)38-14-15-8-9-17(29)12-21(15)30)18-13-32(2)27(25(18)33(35)36)19-6-4-5-7-22(19)31-26(27)34/h4-12,18,25H,3,13-14H2,1-2H3,(H,31,34)/t18-,25-,27+/m0/s1. The van der Waals surface area contributed by atoms with E-state index in [1.807, 2.05) is 6.92 Å². The first-order valence-corrected chi connectivity index (χ1v) is 13.5. The maximum atomic E-state index is 13.4. The summed E-state index contributed by atoms with van der Waals surface area (Å²) in [6, 6.07) is 14.6. The van der Waals surface area contributed by atoms with Gasteiger partial charge in [0.1, 0.15) is 6.61 Å². The Labute approximate surface area is 238 Å². The van der Waals surface area contributed by atoms with Crippen LogP contribution in [0, 0.1) is 10.1 Å². The van der Waals surface area contributed by atoms with E-state index < -0.39 is 23.4 Å². The number of likely N-dealkylation sites (tertiary alicyclic amines) is 1. The van der Waals surface area contributed by atoms with Gasteiger partial charge in [-0.05, 0) is 65.8 Å². The molecular weight excluding hydrogens is 597 g/mol. The molecule has 1 fully saturated rings. The van der Waals surface area contributed by atoms with Crippen LogP contribution in [-0.2, 0) is 16.9 Å². The van der Waals surface area contributed by atoms with Crippen molar-refractivity contribution in [3.8, 4) is 11.5 Å². The summed E-state index contributed by atoms with van der Waals surface area (Å²) in [6.07, 6.45) is 0. The molecule has 3 atom stereocenters. The number of hydrogen-bond donors (Lipinski definition) is 1. The van der Waals surface area contributed by atoms with Crippen LogP contribution in [0.1, 0.15) is 29.5 Å². The summed E-state index contributed by atoms with van der Waals surface area (Å²) in [5, 5.41) is 16.5. The molecule has 0 aromatic heterocycles. The molecule has 3 aromatic carbocycles. The van der Waals surface area contributed by atoms with Crippen LogP contribution in [0.3, 0.4) is 0 Å². The monoisotopic (exact) mass is 619 g/mol. The number of nitro groups is 1. The van der Waals surface area contributed by atoms with Crippen LogP contribution >= 0.6 is 39.1 Å². The van der Waals surface area contributed by atoms with Gasteiger partial charge >= 0.3 is 0 Å². The molecule has 0 aliphatic carbocycles. The van der Waals surface area contributed by atoms with Crippen molar-refractivity contribution in [2.24, 2.45) is 0 Å². The first kappa shape index (κ1) is 26.7. The van der Waals surface area contributed by atoms with Crippen molar-refractivity contribution < 1.29 is 19.2 Å². The summed E-state index contributed by atoms with van der Waals surface area (Å²) in [5.74, 6) is -0.107. The Morgan fingerprint density at radius 1 is 1.18 bits per heavy atom. The molecule has 0 saturated carbocycles. The van der Waals surface area contributed by atoms with E-state index in [9.17, 15) is 14.9 Å². The van der Waals surface area contributed by atoms with E-state index in [4.69, 9.17) is 32.7 Å². The van der Waals surface area contributed by atoms with Gasteiger partial charge in [0.2, 0.25) is 0 Å². The third-order valence-electron chi connectivity index (χ3n) is 7.19. The summed E-state index contributed by atoms with van der Waals surface area (Å²) >= 11 is 15.9. The van der Waals surface area contributed by atoms with Crippen LogP contribution in [0.4, 0.5) is 5.69 Å². The van der Waals surface area contributed by atoms with E-state index in [0.717, 1.165) is 5.56 Å². The third kappa shape index (κ3) is 4.31. The highest BCUT2D eigenvalue weighted by atomic mass is 79.9. The molecule has 38 heavy (non-hydrogen) atoms. The van der Waals surface area contributed by atoms with Crippen molar-refractivity contribution in [1.29, 1.82) is 0 Å². The highest BCUT2D eigenvalue weighted by molar-refractivity contribution is 9.10. The summed E-state index contributed by atoms with van der Waals surface area (Å²) in [6.45, 7) is 2.67. The highest BCUT2D eigenvalue weighted by Crippen LogP contribution is 2.53. The van der Waals surface area contributed by atoms with Gasteiger partial charge < -0.3 is 14.8 Å². The topological polar surface area (TPSA) is 93.9 Å². The van der Waals surface area contributed by atoms with Gasteiger partial charge in [0, 0.05) is 38.3 Å². The van der Waals surface area contributed by atoms with Gasteiger partial charge in [-0.25, -0.2) is 0 Å². The molecule has 1 spiro atoms. The fourth-order valence-electron chi connectivity index (χ4n) is 5.57. The number of para-hydroxylation sites is 1. The molecule has 8 nitrogen and oxygen atoms in total. The second-order valence-electron chi connectivity index (χ2n) is 9.27. The van der Waals surface area contributed by atoms with Gasteiger partial charge in [-0.2, -0.15) is 0 Å². The second kappa shape index (κ2) is 10.4. The minimum Gasteiger partial charge on any atom is -0.490 e. The quantitative estimate of drug-likeness (QED) is 0.248. The zero-order valence-electron chi connectivity index (χ0n) is 20.5. The van der Waals surface area contributed by atoms with Crippen molar-refractivity contribution in [3.63, 3.8) is 0 Å². The molecule has 0 bridgehead atoms. The lowest BCUT2D eigenvalue weighted by Gasteiger charge is -2.30. The number of nitrogens with zero attached hydrogens (tertiary/aromatic N) is 2. The summed E-state index contributed by atoms with van der Waals surface area (Å²) in [5.41, 5.74) is 1.19. The number of carbonyl (C=O) groups is 1. The predicted octanol–water partition coefficient (Wildman–Crippen LogP) is 6.26. The number of ether oxygens (including phenoxy) is 2. The number of nitrogens with one attached hydrogen (secondary N) is 1. The number of rotatable bonds is 7. The van der Waals surface area contributed by atoms with Crippen molar-refractivity contribution in [2.45, 2.75) is 31.0 Å². The van der Waals surface area contributed by atoms with Crippen molar-refractivity contribution >= 4 is 50.7 Å². The Morgan fingerprint density at radius 2 is 1.95 bits per heavy atom. The summed E-state index contributed by atoms with van der Waals surface area (Å²) in [4.78, 5) is 27.5. The molecule has 0 unspecified atom stereocenters. The number of anilines is 1. The van der Waals surface area contributed by atoms with E-state index in [1.165, 1.54) is 0 Å². The Morgan fingerprint density at radius 3 is 2.66 bits per heavy atom. The number of benzene rings is 3. The van der Waals surface area contributed by atoms with Crippen molar-refractivity contribution in [3.05, 3.63) is 95.9 Å². The molecule has 3 aromatic rings. The Hall–Kier alpha value is -2.85. The number of halogens is 3.